The predicted molar refractivity (Wildman–Crippen MR) is 157 cm³/mol. The summed E-state index contributed by atoms with van der Waals surface area (Å²) in [5.74, 6) is 0.837. The maximum Gasteiger partial charge on any atom is 0.510 e. The smallest absolute Gasteiger partial charge is 0.432 e. The number of aromatic nitrogens is 3. The fraction of sp³-hybridized carbons (Fsp3) is 0.571. The SMILES string of the molecule is CCOCc1nc2c(N)nc3ccccc3c2n1C1(C(C)OP(=O)(OCOC(=O)OC(C)C)OCOC(=O)OC(C)C)CC1. The van der Waals surface area contributed by atoms with Gasteiger partial charge in [-0.15, -0.1) is 0 Å². The lowest BCUT2D eigenvalue weighted by molar-refractivity contribution is -0.0534. The second kappa shape index (κ2) is 14.1. The minimum Gasteiger partial charge on any atom is -0.432 e. The van der Waals surface area contributed by atoms with E-state index in [4.69, 9.17) is 48.0 Å². The van der Waals surface area contributed by atoms with Crippen molar-refractivity contribution < 1.29 is 51.4 Å². The highest BCUT2D eigenvalue weighted by Crippen LogP contribution is 2.58. The number of phosphoric ester groups is 1. The van der Waals surface area contributed by atoms with E-state index in [2.05, 4.69) is 4.98 Å². The van der Waals surface area contributed by atoms with Crippen LogP contribution in [0.2, 0.25) is 0 Å². The van der Waals surface area contributed by atoms with Crippen molar-refractivity contribution in [3.8, 4) is 0 Å². The van der Waals surface area contributed by atoms with E-state index in [9.17, 15) is 14.2 Å². The van der Waals surface area contributed by atoms with Crippen molar-refractivity contribution in [3.63, 3.8) is 0 Å². The van der Waals surface area contributed by atoms with Crippen LogP contribution in [0.15, 0.2) is 24.3 Å². The van der Waals surface area contributed by atoms with Crippen molar-refractivity contribution in [2.75, 3.05) is 25.9 Å². The minimum absolute atomic E-state index is 0.176. The highest BCUT2D eigenvalue weighted by atomic mass is 31.2. The average Bonchev–Trinajstić information content (AvgIpc) is 3.65. The van der Waals surface area contributed by atoms with E-state index in [1.165, 1.54) is 0 Å². The Labute approximate surface area is 254 Å². The van der Waals surface area contributed by atoms with Gasteiger partial charge in [0, 0.05) is 12.0 Å². The second-order valence-electron chi connectivity index (χ2n) is 10.6. The summed E-state index contributed by atoms with van der Waals surface area (Å²) in [7, 11) is -4.54. The topological polar surface area (TPSA) is 182 Å². The first-order chi connectivity index (χ1) is 20.9. The van der Waals surface area contributed by atoms with Gasteiger partial charge in [-0.25, -0.2) is 33.2 Å². The number of rotatable bonds is 15. The number of fused-ring (bicyclic) bond motifs is 3. The fourth-order valence-corrected chi connectivity index (χ4v) is 5.82. The molecule has 242 valence electrons. The number of pyridine rings is 1. The monoisotopic (exact) mass is 638 g/mol. The molecule has 1 aliphatic rings. The summed E-state index contributed by atoms with van der Waals surface area (Å²) in [5, 5.41) is 0.815. The first-order valence-corrected chi connectivity index (χ1v) is 15.7. The number of hydrogen-bond acceptors (Lipinski definition) is 14. The van der Waals surface area contributed by atoms with Gasteiger partial charge < -0.3 is 34.0 Å². The van der Waals surface area contributed by atoms with Gasteiger partial charge in [0.05, 0.1) is 34.9 Å². The summed E-state index contributed by atoms with van der Waals surface area (Å²) in [6.07, 6.45) is -2.59. The van der Waals surface area contributed by atoms with E-state index in [0.29, 0.717) is 36.3 Å². The number of imidazole rings is 1. The van der Waals surface area contributed by atoms with Crippen LogP contribution in [0.25, 0.3) is 21.9 Å². The minimum atomic E-state index is -4.54. The number of carbonyl (C=O) groups is 2. The molecule has 0 spiro atoms. The molecule has 1 atom stereocenters. The Balaban J connectivity index is 1.65. The van der Waals surface area contributed by atoms with Gasteiger partial charge in [-0.3, -0.25) is 4.52 Å². The van der Waals surface area contributed by atoms with Gasteiger partial charge >= 0.3 is 20.1 Å². The molecule has 4 rings (SSSR count). The molecule has 0 amide bonds. The Kier molecular flexibility index (Phi) is 10.7. The maximum atomic E-state index is 13.9. The van der Waals surface area contributed by atoms with Crippen molar-refractivity contribution in [2.45, 2.75) is 84.8 Å². The van der Waals surface area contributed by atoms with Gasteiger partial charge in [0.15, 0.2) is 5.82 Å². The van der Waals surface area contributed by atoms with Crippen LogP contribution in [0.4, 0.5) is 15.4 Å². The Hall–Kier alpha value is -3.49. The number of carbonyl (C=O) groups excluding carboxylic acids is 2. The number of ether oxygens (including phenoxy) is 5. The van der Waals surface area contributed by atoms with E-state index in [-0.39, 0.29) is 12.4 Å². The average molecular weight is 639 g/mol. The van der Waals surface area contributed by atoms with Crippen molar-refractivity contribution in [2.24, 2.45) is 0 Å². The van der Waals surface area contributed by atoms with Crippen molar-refractivity contribution >= 4 is 47.9 Å². The molecular weight excluding hydrogens is 599 g/mol. The highest BCUT2D eigenvalue weighted by molar-refractivity contribution is 7.48. The molecule has 2 heterocycles. The molecule has 1 fully saturated rings. The summed E-state index contributed by atoms with van der Waals surface area (Å²) in [4.78, 5) is 33.0. The molecule has 3 aromatic rings. The Morgan fingerprint density at radius 2 is 1.57 bits per heavy atom. The van der Waals surface area contributed by atoms with Crippen LogP contribution in [0, 0.1) is 0 Å². The molecule has 44 heavy (non-hydrogen) atoms. The quantitative estimate of drug-likeness (QED) is 0.120. The van der Waals surface area contributed by atoms with Gasteiger partial charge in [0.1, 0.15) is 17.9 Å². The van der Waals surface area contributed by atoms with Gasteiger partial charge in [-0.2, -0.15) is 0 Å². The standard InChI is InChI=1S/C28H39N4O11P/c1-7-36-14-22-31-23-24(20-10-8-9-11-21(20)30-25(23)29)32(22)28(12-13-28)19(6)43-44(35,39-15-37-26(33)41-17(2)3)40-16-38-27(34)42-18(4)5/h8-11,17-19H,7,12-16H2,1-6H3,(H2,29,30). The largest absolute Gasteiger partial charge is 0.510 e. The maximum absolute atomic E-state index is 13.9. The van der Waals surface area contributed by atoms with Crippen molar-refractivity contribution in [1.29, 1.82) is 0 Å². The number of nitrogens with two attached hydrogens (primary N) is 1. The van der Waals surface area contributed by atoms with Crippen LogP contribution in [-0.4, -0.2) is 65.4 Å². The van der Waals surface area contributed by atoms with Gasteiger partial charge in [-0.1, -0.05) is 18.2 Å². The number of para-hydroxylation sites is 1. The number of anilines is 1. The fourth-order valence-electron chi connectivity index (χ4n) is 4.68. The second-order valence-corrected chi connectivity index (χ2v) is 12.2. The van der Waals surface area contributed by atoms with E-state index in [1.807, 2.05) is 35.8 Å². The molecular formula is C28H39N4O11P. The molecule has 2 aromatic heterocycles. The van der Waals surface area contributed by atoms with Crippen molar-refractivity contribution in [3.05, 3.63) is 30.1 Å². The summed E-state index contributed by atoms with van der Waals surface area (Å²) >= 11 is 0. The van der Waals surface area contributed by atoms with Crippen LogP contribution in [0.3, 0.4) is 0 Å². The normalized spacial score (nSPS) is 15.1. The Bertz CT molecular complexity index is 1490. The first-order valence-electron chi connectivity index (χ1n) is 14.3. The molecule has 1 aromatic carbocycles. The first kappa shape index (κ1) is 33.4. The van der Waals surface area contributed by atoms with E-state index >= 15 is 0 Å². The Morgan fingerprint density at radius 1 is 0.977 bits per heavy atom. The lowest BCUT2D eigenvalue weighted by atomic mass is 10.1. The summed E-state index contributed by atoms with van der Waals surface area (Å²) in [6, 6.07) is 7.54. The van der Waals surface area contributed by atoms with E-state index < -0.39 is 57.6 Å². The van der Waals surface area contributed by atoms with Gasteiger partial charge in [0.25, 0.3) is 0 Å². The van der Waals surface area contributed by atoms with Gasteiger partial charge in [0.2, 0.25) is 13.6 Å². The molecule has 15 nitrogen and oxygen atoms in total. The molecule has 1 aliphatic carbocycles. The number of nitrogen functional groups attached to an aromatic ring is 1. The summed E-state index contributed by atoms with van der Waals surface area (Å²) < 4.78 is 57.7. The Morgan fingerprint density at radius 3 is 2.11 bits per heavy atom. The van der Waals surface area contributed by atoms with Crippen LogP contribution < -0.4 is 5.73 Å². The highest BCUT2D eigenvalue weighted by Gasteiger charge is 2.54. The predicted octanol–water partition coefficient (Wildman–Crippen LogP) is 5.78. The number of nitrogens with zero attached hydrogens (tertiary/aromatic N) is 3. The summed E-state index contributed by atoms with van der Waals surface area (Å²) in [6.45, 7) is 9.10. The molecule has 2 N–H and O–H groups in total. The van der Waals surface area contributed by atoms with Crippen LogP contribution in [0.5, 0.6) is 0 Å². The lowest BCUT2D eigenvalue weighted by Crippen LogP contribution is -2.33. The third kappa shape index (κ3) is 7.77. The third-order valence-electron chi connectivity index (χ3n) is 6.72. The third-order valence-corrected chi connectivity index (χ3v) is 8.13. The zero-order chi connectivity index (χ0) is 32.1. The van der Waals surface area contributed by atoms with Crippen molar-refractivity contribution in [1.82, 2.24) is 14.5 Å². The molecule has 1 unspecified atom stereocenters. The summed E-state index contributed by atoms with van der Waals surface area (Å²) in [5.41, 5.74) is 7.49. The molecule has 1 saturated carbocycles. The number of phosphoric acid groups is 1. The van der Waals surface area contributed by atoms with Crippen LogP contribution in [-0.2, 0) is 54.0 Å². The van der Waals surface area contributed by atoms with E-state index in [1.54, 1.807) is 34.6 Å². The molecule has 0 aliphatic heterocycles. The zero-order valence-corrected chi connectivity index (χ0v) is 26.5. The zero-order valence-electron chi connectivity index (χ0n) is 25.6. The number of hydrogen-bond donors (Lipinski definition) is 1. The van der Waals surface area contributed by atoms with E-state index in [0.717, 1.165) is 10.9 Å². The molecule has 0 saturated heterocycles. The van der Waals surface area contributed by atoms with Crippen LogP contribution in [0.1, 0.15) is 60.2 Å². The number of benzene rings is 1. The molecule has 0 radical (unpaired) electrons. The van der Waals surface area contributed by atoms with Gasteiger partial charge in [-0.05, 0) is 60.5 Å². The molecule has 16 heteroatoms. The molecule has 0 bridgehead atoms. The van der Waals surface area contributed by atoms with Crippen LogP contribution >= 0.6 is 7.82 Å². The lowest BCUT2D eigenvalue weighted by Gasteiger charge is -2.30.